The van der Waals surface area contributed by atoms with Gasteiger partial charge in [0.05, 0.1) is 0 Å². The molecule has 0 saturated carbocycles. The minimum atomic E-state index is 0.0985. The van der Waals surface area contributed by atoms with E-state index < -0.39 is 0 Å². The molecule has 1 fully saturated rings. The van der Waals surface area contributed by atoms with Crippen molar-refractivity contribution in [2.75, 3.05) is 18.4 Å². The highest BCUT2D eigenvalue weighted by molar-refractivity contribution is 6.30. The van der Waals surface area contributed by atoms with E-state index in [1.54, 1.807) is 0 Å². The van der Waals surface area contributed by atoms with Crippen molar-refractivity contribution in [2.24, 2.45) is 5.92 Å². The van der Waals surface area contributed by atoms with Crippen LogP contribution >= 0.6 is 11.6 Å². The first-order valence-corrected chi connectivity index (χ1v) is 9.24. The number of carbonyl (C=O) groups is 1. The summed E-state index contributed by atoms with van der Waals surface area (Å²) in [5, 5.41) is 3.89. The van der Waals surface area contributed by atoms with Crippen molar-refractivity contribution >= 4 is 23.2 Å². The van der Waals surface area contributed by atoms with Crippen molar-refractivity contribution in [3.05, 3.63) is 64.2 Å². The second kappa shape index (κ2) is 8.03. The Morgan fingerprint density at radius 2 is 1.80 bits per heavy atom. The van der Waals surface area contributed by atoms with E-state index in [1.807, 2.05) is 32.0 Å². The van der Waals surface area contributed by atoms with Gasteiger partial charge in [0.25, 0.3) is 0 Å². The summed E-state index contributed by atoms with van der Waals surface area (Å²) in [6, 6.07) is 14.2. The van der Waals surface area contributed by atoms with Gasteiger partial charge in [0.15, 0.2) is 0 Å². The Bertz CT molecular complexity index is 734. The number of likely N-dealkylation sites (tertiary alicyclic amines) is 1. The number of amides is 1. The molecule has 25 heavy (non-hydrogen) atoms. The van der Waals surface area contributed by atoms with E-state index in [1.165, 1.54) is 11.1 Å². The van der Waals surface area contributed by atoms with E-state index >= 15 is 0 Å². The Morgan fingerprint density at radius 3 is 2.48 bits per heavy atom. The fourth-order valence-electron chi connectivity index (χ4n) is 3.31. The van der Waals surface area contributed by atoms with Gasteiger partial charge in [-0.15, -0.1) is 0 Å². The number of halogens is 1. The third-order valence-corrected chi connectivity index (χ3v) is 5.18. The maximum absolute atomic E-state index is 12.6. The van der Waals surface area contributed by atoms with Crippen molar-refractivity contribution in [2.45, 2.75) is 33.2 Å². The van der Waals surface area contributed by atoms with E-state index in [0.717, 1.165) is 48.7 Å². The molecule has 4 heteroatoms. The third-order valence-electron chi connectivity index (χ3n) is 4.93. The number of piperidine rings is 1. The normalized spacial score (nSPS) is 16.0. The highest BCUT2D eigenvalue weighted by atomic mass is 35.5. The van der Waals surface area contributed by atoms with Gasteiger partial charge in [-0.25, -0.2) is 0 Å². The summed E-state index contributed by atoms with van der Waals surface area (Å²) in [4.78, 5) is 15.0. The summed E-state index contributed by atoms with van der Waals surface area (Å²) in [6.07, 6.45) is 1.81. The number of anilines is 1. The van der Waals surface area contributed by atoms with Crippen LogP contribution in [0, 0.1) is 19.8 Å². The number of hydrogen-bond donors (Lipinski definition) is 1. The third kappa shape index (κ3) is 4.83. The van der Waals surface area contributed by atoms with Crippen LogP contribution in [0.4, 0.5) is 5.69 Å². The first kappa shape index (κ1) is 18.0. The highest BCUT2D eigenvalue weighted by Crippen LogP contribution is 2.23. The molecule has 1 aliphatic heterocycles. The van der Waals surface area contributed by atoms with Gasteiger partial charge in [0.2, 0.25) is 5.91 Å². The van der Waals surface area contributed by atoms with Gasteiger partial charge in [-0.1, -0.05) is 35.9 Å². The number of rotatable bonds is 4. The Balaban J connectivity index is 1.52. The van der Waals surface area contributed by atoms with Crippen LogP contribution in [0.5, 0.6) is 0 Å². The molecule has 2 aromatic carbocycles. The van der Waals surface area contributed by atoms with Crippen LogP contribution in [0.2, 0.25) is 5.02 Å². The molecule has 1 aliphatic rings. The second-order valence-electron chi connectivity index (χ2n) is 6.98. The van der Waals surface area contributed by atoms with Crippen LogP contribution in [0.15, 0.2) is 42.5 Å². The summed E-state index contributed by atoms with van der Waals surface area (Å²) in [5.41, 5.74) is 4.48. The fourth-order valence-corrected chi connectivity index (χ4v) is 3.43. The molecule has 0 bridgehead atoms. The van der Waals surface area contributed by atoms with Gasteiger partial charge in [-0.05, 0) is 74.7 Å². The lowest BCUT2D eigenvalue weighted by molar-refractivity contribution is -0.121. The minimum absolute atomic E-state index is 0.0985. The Hall–Kier alpha value is -1.84. The number of nitrogens with zero attached hydrogens (tertiary/aromatic N) is 1. The zero-order chi connectivity index (χ0) is 17.8. The minimum Gasteiger partial charge on any atom is -0.326 e. The molecule has 0 spiro atoms. The summed E-state index contributed by atoms with van der Waals surface area (Å²) < 4.78 is 0. The average Bonchev–Trinajstić information content (AvgIpc) is 2.61. The largest absolute Gasteiger partial charge is 0.326 e. The maximum Gasteiger partial charge on any atom is 0.227 e. The van der Waals surface area contributed by atoms with Gasteiger partial charge in [-0.3, -0.25) is 9.69 Å². The van der Waals surface area contributed by atoms with Crippen LogP contribution < -0.4 is 5.32 Å². The van der Waals surface area contributed by atoms with E-state index in [2.05, 4.69) is 34.5 Å². The van der Waals surface area contributed by atoms with Crippen LogP contribution in [-0.4, -0.2) is 23.9 Å². The lowest BCUT2D eigenvalue weighted by Crippen LogP contribution is -2.37. The molecule has 3 nitrogen and oxygen atoms in total. The van der Waals surface area contributed by atoms with Crippen LogP contribution in [-0.2, 0) is 11.3 Å². The molecule has 0 radical (unpaired) electrons. The molecule has 0 atom stereocenters. The van der Waals surface area contributed by atoms with E-state index in [9.17, 15) is 4.79 Å². The molecule has 2 aromatic rings. The van der Waals surface area contributed by atoms with Gasteiger partial charge in [-0.2, -0.15) is 0 Å². The summed E-state index contributed by atoms with van der Waals surface area (Å²) >= 11 is 5.94. The maximum atomic E-state index is 12.6. The zero-order valence-corrected chi connectivity index (χ0v) is 15.6. The topological polar surface area (TPSA) is 32.3 Å². The Labute approximate surface area is 155 Å². The van der Waals surface area contributed by atoms with Crippen LogP contribution in [0.1, 0.15) is 29.5 Å². The molecule has 1 N–H and O–H groups in total. The van der Waals surface area contributed by atoms with Crippen molar-refractivity contribution in [3.8, 4) is 0 Å². The number of nitrogens with one attached hydrogen (secondary N) is 1. The van der Waals surface area contributed by atoms with E-state index in [-0.39, 0.29) is 11.8 Å². The average molecular weight is 357 g/mol. The smallest absolute Gasteiger partial charge is 0.227 e. The number of hydrogen-bond acceptors (Lipinski definition) is 2. The van der Waals surface area contributed by atoms with Crippen molar-refractivity contribution < 1.29 is 4.79 Å². The summed E-state index contributed by atoms with van der Waals surface area (Å²) in [5.74, 6) is 0.251. The van der Waals surface area contributed by atoms with Crippen LogP contribution in [0.3, 0.4) is 0 Å². The predicted octanol–water partition coefficient (Wildman–Crippen LogP) is 4.81. The first-order chi connectivity index (χ1) is 12.0. The summed E-state index contributed by atoms with van der Waals surface area (Å²) in [6.45, 7) is 6.90. The Kier molecular flexibility index (Phi) is 5.77. The number of carbonyl (C=O) groups excluding carboxylic acids is 1. The standard InChI is InChI=1S/C21H25ClN2O/c1-15-3-4-16(2)20(13-15)23-21(25)18-9-11-24(12-10-18)14-17-5-7-19(22)8-6-17/h3-8,13,18H,9-12,14H2,1-2H3,(H,23,25). The van der Waals surface area contributed by atoms with Gasteiger partial charge in [0, 0.05) is 23.2 Å². The molecular formula is C21H25ClN2O. The monoisotopic (exact) mass is 356 g/mol. The number of aryl methyl sites for hydroxylation is 2. The molecule has 1 heterocycles. The first-order valence-electron chi connectivity index (χ1n) is 8.86. The molecule has 0 aromatic heterocycles. The van der Waals surface area contributed by atoms with Crippen molar-refractivity contribution in [1.82, 2.24) is 4.90 Å². The van der Waals surface area contributed by atoms with E-state index in [4.69, 9.17) is 11.6 Å². The lowest BCUT2D eigenvalue weighted by atomic mass is 9.95. The van der Waals surface area contributed by atoms with Crippen molar-refractivity contribution in [1.29, 1.82) is 0 Å². The van der Waals surface area contributed by atoms with E-state index in [0.29, 0.717) is 0 Å². The highest BCUT2D eigenvalue weighted by Gasteiger charge is 2.25. The number of benzene rings is 2. The predicted molar refractivity (Wildman–Crippen MR) is 104 cm³/mol. The van der Waals surface area contributed by atoms with Gasteiger partial charge < -0.3 is 5.32 Å². The molecule has 1 saturated heterocycles. The zero-order valence-electron chi connectivity index (χ0n) is 14.9. The second-order valence-corrected chi connectivity index (χ2v) is 7.42. The van der Waals surface area contributed by atoms with Crippen LogP contribution in [0.25, 0.3) is 0 Å². The fraction of sp³-hybridized carbons (Fsp3) is 0.381. The lowest BCUT2D eigenvalue weighted by Gasteiger charge is -2.31. The molecule has 0 aliphatic carbocycles. The summed E-state index contributed by atoms with van der Waals surface area (Å²) in [7, 11) is 0. The Morgan fingerprint density at radius 1 is 1.12 bits per heavy atom. The SMILES string of the molecule is Cc1ccc(C)c(NC(=O)C2CCN(Cc3ccc(Cl)cc3)CC2)c1. The molecule has 3 rings (SSSR count). The van der Waals surface area contributed by atoms with Gasteiger partial charge >= 0.3 is 0 Å². The molecular weight excluding hydrogens is 332 g/mol. The van der Waals surface area contributed by atoms with Gasteiger partial charge in [0.1, 0.15) is 0 Å². The molecule has 132 valence electrons. The quantitative estimate of drug-likeness (QED) is 0.852. The molecule has 1 amide bonds. The van der Waals surface area contributed by atoms with Crippen molar-refractivity contribution in [3.63, 3.8) is 0 Å². The molecule has 0 unspecified atom stereocenters.